The van der Waals surface area contributed by atoms with E-state index in [9.17, 15) is 9.65 Å². The van der Waals surface area contributed by atoms with Crippen molar-refractivity contribution < 1.29 is 4.39 Å². The fourth-order valence-corrected chi connectivity index (χ4v) is 1.93. The van der Waals surface area contributed by atoms with Gasteiger partial charge in [0.2, 0.25) is 0 Å². The van der Waals surface area contributed by atoms with Crippen LogP contribution in [-0.4, -0.2) is 31.1 Å². The van der Waals surface area contributed by atoms with Gasteiger partial charge in [0, 0.05) is 13.1 Å². The zero-order chi connectivity index (χ0) is 14.3. The van der Waals surface area contributed by atoms with E-state index >= 15 is 0 Å². The van der Waals surface area contributed by atoms with Gasteiger partial charge >= 0.3 is 0 Å². The number of halogens is 1. The van der Waals surface area contributed by atoms with Crippen molar-refractivity contribution in [3.05, 3.63) is 35.1 Å². The van der Waals surface area contributed by atoms with Crippen molar-refractivity contribution >= 4 is 0 Å². The van der Waals surface area contributed by atoms with Crippen LogP contribution in [-0.2, 0) is 0 Å². The molecule has 1 aromatic rings. The van der Waals surface area contributed by atoms with E-state index in [0.29, 0.717) is 11.1 Å². The molecule has 0 aliphatic carbocycles. The molecule has 1 atom stereocenters. The average Bonchev–Trinajstić information content (AvgIpc) is 2.42. The highest BCUT2D eigenvalue weighted by molar-refractivity contribution is 5.28. The molecule has 0 saturated carbocycles. The van der Waals surface area contributed by atoms with Gasteiger partial charge in [-0.15, -0.1) is 0 Å². The summed E-state index contributed by atoms with van der Waals surface area (Å²) in [7, 11) is 0. The van der Waals surface area contributed by atoms with E-state index in [1.165, 1.54) is 6.07 Å². The van der Waals surface area contributed by atoms with Gasteiger partial charge in [0.15, 0.2) is 0 Å². The Balaban J connectivity index is 2.59. The van der Waals surface area contributed by atoms with Gasteiger partial charge in [0.25, 0.3) is 0 Å². The number of hydrogen-bond donors (Lipinski definition) is 1. The summed E-state index contributed by atoms with van der Waals surface area (Å²) in [6.07, 6.45) is 0. The van der Waals surface area contributed by atoms with E-state index < -0.39 is 6.04 Å². The Labute approximate surface area is 115 Å². The lowest BCUT2D eigenvalue weighted by atomic mass is 10.1. The number of benzene rings is 1. The summed E-state index contributed by atoms with van der Waals surface area (Å²) >= 11 is 0. The number of rotatable bonds is 7. The molecule has 104 valence electrons. The highest BCUT2D eigenvalue weighted by atomic mass is 19.1. The van der Waals surface area contributed by atoms with Crippen LogP contribution in [0.4, 0.5) is 4.39 Å². The van der Waals surface area contributed by atoms with Crippen molar-refractivity contribution in [3.8, 4) is 6.07 Å². The summed E-state index contributed by atoms with van der Waals surface area (Å²) in [4.78, 5) is 2.27. The van der Waals surface area contributed by atoms with Crippen LogP contribution in [0.15, 0.2) is 18.2 Å². The Morgan fingerprint density at radius 1 is 1.37 bits per heavy atom. The summed E-state index contributed by atoms with van der Waals surface area (Å²) in [6.45, 7) is 9.54. The van der Waals surface area contributed by atoms with Crippen LogP contribution in [0.25, 0.3) is 0 Å². The highest BCUT2D eigenvalue weighted by Crippen LogP contribution is 2.16. The SMILES string of the molecule is CCN(CC)CCNC(C#N)c1ccc(C)c(F)c1. The molecule has 0 aromatic heterocycles. The molecule has 0 heterocycles. The van der Waals surface area contributed by atoms with Crippen LogP contribution in [0.3, 0.4) is 0 Å². The number of aryl methyl sites for hydroxylation is 1. The third kappa shape index (κ3) is 4.62. The first-order chi connectivity index (χ1) is 9.12. The lowest BCUT2D eigenvalue weighted by Gasteiger charge is -2.19. The third-order valence-corrected chi connectivity index (χ3v) is 3.33. The van der Waals surface area contributed by atoms with Crippen molar-refractivity contribution in [2.24, 2.45) is 0 Å². The Morgan fingerprint density at radius 2 is 2.05 bits per heavy atom. The van der Waals surface area contributed by atoms with Crippen LogP contribution in [0.2, 0.25) is 0 Å². The highest BCUT2D eigenvalue weighted by Gasteiger charge is 2.11. The molecule has 0 amide bonds. The van der Waals surface area contributed by atoms with Crippen molar-refractivity contribution in [1.29, 1.82) is 5.26 Å². The molecule has 1 aromatic carbocycles. The zero-order valence-corrected chi connectivity index (χ0v) is 11.9. The maximum atomic E-state index is 13.5. The first kappa shape index (κ1) is 15.6. The number of hydrogen-bond acceptors (Lipinski definition) is 3. The molecule has 1 N–H and O–H groups in total. The minimum Gasteiger partial charge on any atom is -0.303 e. The second-order valence-electron chi connectivity index (χ2n) is 4.55. The molecule has 19 heavy (non-hydrogen) atoms. The topological polar surface area (TPSA) is 39.1 Å². The van der Waals surface area contributed by atoms with Crippen LogP contribution in [0, 0.1) is 24.1 Å². The molecule has 1 unspecified atom stereocenters. The summed E-state index contributed by atoms with van der Waals surface area (Å²) in [6, 6.07) is 6.68. The van der Waals surface area contributed by atoms with Gasteiger partial charge in [0.05, 0.1) is 6.07 Å². The predicted molar refractivity (Wildman–Crippen MR) is 75.3 cm³/mol. The fraction of sp³-hybridized carbons (Fsp3) is 0.533. The molecule has 0 saturated heterocycles. The van der Waals surface area contributed by atoms with Crippen LogP contribution in [0.1, 0.15) is 31.0 Å². The molecular weight excluding hydrogens is 241 g/mol. The van der Waals surface area contributed by atoms with E-state index in [2.05, 4.69) is 30.1 Å². The van der Waals surface area contributed by atoms with Gasteiger partial charge in [-0.2, -0.15) is 5.26 Å². The van der Waals surface area contributed by atoms with Gasteiger partial charge in [-0.3, -0.25) is 5.32 Å². The zero-order valence-electron chi connectivity index (χ0n) is 11.9. The Kier molecular flexibility index (Phi) is 6.48. The summed E-state index contributed by atoms with van der Waals surface area (Å²) in [5.74, 6) is -0.261. The maximum Gasteiger partial charge on any atom is 0.126 e. The molecule has 0 fully saturated rings. The van der Waals surface area contributed by atoms with E-state index in [1.54, 1.807) is 19.1 Å². The number of likely N-dealkylation sites (N-methyl/N-ethyl adjacent to an activating group) is 1. The first-order valence-electron chi connectivity index (χ1n) is 6.73. The predicted octanol–water partition coefficient (Wildman–Crippen LogP) is 2.63. The van der Waals surface area contributed by atoms with Crippen molar-refractivity contribution in [2.75, 3.05) is 26.2 Å². The quantitative estimate of drug-likeness (QED) is 0.822. The van der Waals surface area contributed by atoms with Gasteiger partial charge in [-0.1, -0.05) is 26.0 Å². The normalized spacial score (nSPS) is 12.4. The second kappa shape index (κ2) is 7.88. The average molecular weight is 263 g/mol. The molecule has 4 heteroatoms. The van der Waals surface area contributed by atoms with Gasteiger partial charge < -0.3 is 4.90 Å². The molecule has 0 aliphatic rings. The largest absolute Gasteiger partial charge is 0.303 e. The van der Waals surface area contributed by atoms with Crippen molar-refractivity contribution in [2.45, 2.75) is 26.8 Å². The van der Waals surface area contributed by atoms with Crippen molar-refractivity contribution in [1.82, 2.24) is 10.2 Å². The van der Waals surface area contributed by atoms with E-state index in [0.717, 1.165) is 26.2 Å². The molecule has 1 rings (SSSR count). The van der Waals surface area contributed by atoms with Gasteiger partial charge in [-0.05, 0) is 37.2 Å². The minimum absolute atomic E-state index is 0.261. The lowest BCUT2D eigenvalue weighted by molar-refractivity contribution is 0.300. The summed E-state index contributed by atoms with van der Waals surface area (Å²) < 4.78 is 13.5. The van der Waals surface area contributed by atoms with Crippen molar-refractivity contribution in [3.63, 3.8) is 0 Å². The van der Waals surface area contributed by atoms with Gasteiger partial charge in [0.1, 0.15) is 11.9 Å². The van der Waals surface area contributed by atoms with E-state index in [4.69, 9.17) is 0 Å². The summed E-state index contributed by atoms with van der Waals surface area (Å²) in [5.41, 5.74) is 1.29. The fourth-order valence-electron chi connectivity index (χ4n) is 1.93. The second-order valence-corrected chi connectivity index (χ2v) is 4.55. The first-order valence-corrected chi connectivity index (χ1v) is 6.73. The smallest absolute Gasteiger partial charge is 0.126 e. The molecule has 3 nitrogen and oxygen atoms in total. The third-order valence-electron chi connectivity index (χ3n) is 3.33. The summed E-state index contributed by atoms with van der Waals surface area (Å²) in [5, 5.41) is 12.3. The molecule has 0 spiro atoms. The minimum atomic E-state index is -0.453. The number of nitrogens with one attached hydrogen (secondary N) is 1. The molecule has 0 bridgehead atoms. The maximum absolute atomic E-state index is 13.5. The molecule has 0 aliphatic heterocycles. The Bertz CT molecular complexity index is 436. The standard InChI is InChI=1S/C15H22FN3/c1-4-19(5-2)9-8-18-15(11-17)13-7-6-12(3)14(16)10-13/h6-7,10,15,18H,4-5,8-9H2,1-3H3. The number of nitrogens with zero attached hydrogens (tertiary/aromatic N) is 2. The van der Waals surface area contributed by atoms with Gasteiger partial charge in [-0.25, -0.2) is 4.39 Å². The Morgan fingerprint density at radius 3 is 2.58 bits per heavy atom. The number of nitriles is 1. The van der Waals surface area contributed by atoms with Crippen LogP contribution < -0.4 is 5.32 Å². The molecule has 0 radical (unpaired) electrons. The van der Waals surface area contributed by atoms with Crippen LogP contribution >= 0.6 is 0 Å². The van der Waals surface area contributed by atoms with Crippen LogP contribution in [0.5, 0.6) is 0 Å². The van der Waals surface area contributed by atoms with E-state index in [1.807, 2.05) is 0 Å². The van der Waals surface area contributed by atoms with E-state index in [-0.39, 0.29) is 5.82 Å². The lowest BCUT2D eigenvalue weighted by Crippen LogP contribution is -2.33. The Hall–Kier alpha value is -1.44. The monoisotopic (exact) mass is 263 g/mol. The molecular formula is C15H22FN3.